The summed E-state index contributed by atoms with van der Waals surface area (Å²) in [4.78, 5) is 2.53. The third kappa shape index (κ3) is 2.92. The number of rotatable bonds is 4. The van der Waals surface area contributed by atoms with Gasteiger partial charge < -0.3 is 4.90 Å². The van der Waals surface area contributed by atoms with Crippen LogP contribution in [-0.2, 0) is 0 Å². The van der Waals surface area contributed by atoms with Gasteiger partial charge in [0.25, 0.3) is 0 Å². The second-order valence-electron chi connectivity index (χ2n) is 7.54. The van der Waals surface area contributed by atoms with Crippen molar-refractivity contribution in [3.63, 3.8) is 0 Å². The SMILES string of the molecule is C=C(C(C)C)N1CCC2(CC1)CC(CC(C)C)C2. The molecule has 0 N–H and O–H groups in total. The standard InChI is InChI=1S/C17H31N/c1-13(2)10-16-11-17(12-16)6-8-18(9-7-17)15(5)14(3)4/h13-14,16H,5-12H2,1-4H3. The van der Waals surface area contributed by atoms with Crippen molar-refractivity contribution in [3.05, 3.63) is 12.3 Å². The predicted molar refractivity (Wildman–Crippen MR) is 79.4 cm³/mol. The molecule has 0 unspecified atom stereocenters. The molecule has 1 aliphatic heterocycles. The van der Waals surface area contributed by atoms with Gasteiger partial charge in [-0.25, -0.2) is 0 Å². The molecule has 2 rings (SSSR count). The molecule has 1 saturated carbocycles. The van der Waals surface area contributed by atoms with Gasteiger partial charge in [0.2, 0.25) is 0 Å². The molecule has 1 heteroatoms. The van der Waals surface area contributed by atoms with E-state index in [4.69, 9.17) is 0 Å². The van der Waals surface area contributed by atoms with Crippen LogP contribution < -0.4 is 0 Å². The Morgan fingerprint density at radius 3 is 2.17 bits per heavy atom. The lowest BCUT2D eigenvalue weighted by molar-refractivity contribution is -0.0144. The van der Waals surface area contributed by atoms with Crippen LogP contribution in [0.4, 0.5) is 0 Å². The van der Waals surface area contributed by atoms with Crippen molar-refractivity contribution in [1.82, 2.24) is 4.90 Å². The first-order valence-corrected chi connectivity index (χ1v) is 7.85. The van der Waals surface area contributed by atoms with E-state index in [0.29, 0.717) is 5.92 Å². The summed E-state index contributed by atoms with van der Waals surface area (Å²) in [5, 5.41) is 0. The molecule has 1 saturated heterocycles. The van der Waals surface area contributed by atoms with Crippen molar-refractivity contribution in [1.29, 1.82) is 0 Å². The highest BCUT2D eigenvalue weighted by molar-refractivity contribution is 5.03. The van der Waals surface area contributed by atoms with Crippen molar-refractivity contribution < 1.29 is 0 Å². The number of piperidine rings is 1. The van der Waals surface area contributed by atoms with Crippen LogP contribution in [0.15, 0.2) is 12.3 Å². The third-order valence-corrected chi connectivity index (χ3v) is 5.14. The minimum absolute atomic E-state index is 0.606. The molecule has 1 spiro atoms. The highest BCUT2D eigenvalue weighted by Gasteiger charge is 2.45. The van der Waals surface area contributed by atoms with E-state index in [9.17, 15) is 0 Å². The maximum atomic E-state index is 4.25. The Bertz CT molecular complexity index is 287. The van der Waals surface area contributed by atoms with Gasteiger partial charge in [-0.15, -0.1) is 0 Å². The van der Waals surface area contributed by atoms with Gasteiger partial charge in [0.1, 0.15) is 0 Å². The van der Waals surface area contributed by atoms with E-state index in [1.54, 1.807) is 0 Å². The molecule has 1 aliphatic carbocycles. The molecule has 0 aromatic carbocycles. The van der Waals surface area contributed by atoms with E-state index in [-0.39, 0.29) is 0 Å². The van der Waals surface area contributed by atoms with Gasteiger partial charge in [0, 0.05) is 18.8 Å². The zero-order valence-corrected chi connectivity index (χ0v) is 12.8. The number of nitrogens with zero attached hydrogens (tertiary/aromatic N) is 1. The molecule has 2 aliphatic rings. The second-order valence-corrected chi connectivity index (χ2v) is 7.54. The minimum Gasteiger partial charge on any atom is -0.375 e. The van der Waals surface area contributed by atoms with Gasteiger partial charge in [0.05, 0.1) is 0 Å². The first kappa shape index (κ1) is 14.0. The lowest BCUT2D eigenvalue weighted by Crippen LogP contribution is -2.47. The van der Waals surface area contributed by atoms with Crippen molar-refractivity contribution in [2.24, 2.45) is 23.2 Å². The topological polar surface area (TPSA) is 3.24 Å². The fourth-order valence-corrected chi connectivity index (χ4v) is 4.04. The molecular weight excluding hydrogens is 218 g/mol. The summed E-state index contributed by atoms with van der Waals surface area (Å²) in [5.41, 5.74) is 2.08. The van der Waals surface area contributed by atoms with Crippen LogP contribution in [0, 0.1) is 23.2 Å². The van der Waals surface area contributed by atoms with Crippen LogP contribution in [-0.4, -0.2) is 18.0 Å². The molecule has 0 aromatic rings. The van der Waals surface area contributed by atoms with Crippen LogP contribution in [0.1, 0.15) is 59.8 Å². The van der Waals surface area contributed by atoms with Gasteiger partial charge in [-0.05, 0) is 55.3 Å². The Hall–Kier alpha value is -0.460. The van der Waals surface area contributed by atoms with Gasteiger partial charge >= 0.3 is 0 Å². The van der Waals surface area contributed by atoms with E-state index in [2.05, 4.69) is 39.2 Å². The molecule has 0 atom stereocenters. The van der Waals surface area contributed by atoms with Crippen molar-refractivity contribution in [3.8, 4) is 0 Å². The summed E-state index contributed by atoms with van der Waals surface area (Å²) >= 11 is 0. The molecular formula is C17H31N. The van der Waals surface area contributed by atoms with E-state index in [1.165, 1.54) is 50.9 Å². The Morgan fingerprint density at radius 1 is 1.17 bits per heavy atom. The van der Waals surface area contributed by atoms with Crippen molar-refractivity contribution >= 4 is 0 Å². The molecule has 0 amide bonds. The van der Waals surface area contributed by atoms with Gasteiger partial charge in [-0.1, -0.05) is 34.3 Å². The summed E-state index contributed by atoms with van der Waals surface area (Å²) in [6.07, 6.45) is 7.28. The molecule has 0 bridgehead atoms. The fourth-order valence-electron chi connectivity index (χ4n) is 4.04. The molecule has 1 nitrogen and oxygen atoms in total. The smallest absolute Gasteiger partial charge is 0.0180 e. The van der Waals surface area contributed by atoms with Crippen LogP contribution in [0.25, 0.3) is 0 Å². The van der Waals surface area contributed by atoms with Crippen LogP contribution in [0.5, 0.6) is 0 Å². The quantitative estimate of drug-likeness (QED) is 0.698. The average Bonchev–Trinajstić information content (AvgIpc) is 2.26. The molecule has 104 valence electrons. The molecule has 2 fully saturated rings. The fraction of sp³-hybridized carbons (Fsp3) is 0.882. The Kier molecular flexibility index (Phi) is 4.08. The molecule has 1 heterocycles. The summed E-state index contributed by atoms with van der Waals surface area (Å²) in [5.74, 6) is 2.52. The van der Waals surface area contributed by atoms with E-state index >= 15 is 0 Å². The lowest BCUT2D eigenvalue weighted by atomic mass is 9.56. The summed E-state index contributed by atoms with van der Waals surface area (Å²) in [6.45, 7) is 16.0. The maximum absolute atomic E-state index is 4.25. The highest BCUT2D eigenvalue weighted by Crippen LogP contribution is 2.54. The van der Waals surface area contributed by atoms with Crippen molar-refractivity contribution in [2.45, 2.75) is 59.8 Å². The summed E-state index contributed by atoms with van der Waals surface area (Å²) < 4.78 is 0. The van der Waals surface area contributed by atoms with Crippen molar-refractivity contribution in [2.75, 3.05) is 13.1 Å². The third-order valence-electron chi connectivity index (χ3n) is 5.14. The minimum atomic E-state index is 0.606. The van der Waals surface area contributed by atoms with E-state index in [0.717, 1.165) is 17.3 Å². The zero-order valence-electron chi connectivity index (χ0n) is 12.8. The average molecular weight is 249 g/mol. The van der Waals surface area contributed by atoms with Crippen LogP contribution in [0.2, 0.25) is 0 Å². The zero-order chi connectivity index (χ0) is 13.3. The Morgan fingerprint density at radius 2 is 1.72 bits per heavy atom. The van der Waals surface area contributed by atoms with E-state index in [1.807, 2.05) is 0 Å². The van der Waals surface area contributed by atoms with Gasteiger partial charge in [-0.3, -0.25) is 0 Å². The van der Waals surface area contributed by atoms with Gasteiger partial charge in [0.15, 0.2) is 0 Å². The lowest BCUT2D eigenvalue weighted by Gasteiger charge is -2.53. The molecule has 0 aromatic heterocycles. The first-order chi connectivity index (χ1) is 8.42. The predicted octanol–water partition coefficient (Wildman–Crippen LogP) is 4.69. The number of allylic oxidation sites excluding steroid dienone is 1. The van der Waals surface area contributed by atoms with Crippen LogP contribution in [0.3, 0.4) is 0 Å². The largest absolute Gasteiger partial charge is 0.375 e. The Labute approximate surface area is 114 Å². The molecule has 0 radical (unpaired) electrons. The summed E-state index contributed by atoms with van der Waals surface area (Å²) in [6, 6.07) is 0. The normalized spacial score (nSPS) is 23.8. The summed E-state index contributed by atoms with van der Waals surface area (Å²) in [7, 11) is 0. The number of hydrogen-bond donors (Lipinski definition) is 0. The van der Waals surface area contributed by atoms with Gasteiger partial charge in [-0.2, -0.15) is 0 Å². The first-order valence-electron chi connectivity index (χ1n) is 7.85. The Balaban J connectivity index is 1.77. The molecule has 18 heavy (non-hydrogen) atoms. The second kappa shape index (κ2) is 5.27. The number of hydrogen-bond acceptors (Lipinski definition) is 1. The number of likely N-dealkylation sites (tertiary alicyclic amines) is 1. The van der Waals surface area contributed by atoms with E-state index < -0.39 is 0 Å². The highest BCUT2D eigenvalue weighted by atomic mass is 15.1. The van der Waals surface area contributed by atoms with Crippen LogP contribution >= 0.6 is 0 Å². The maximum Gasteiger partial charge on any atom is 0.0180 e. The monoisotopic (exact) mass is 249 g/mol.